The van der Waals surface area contributed by atoms with Crippen LogP contribution in [0.15, 0.2) is 36.8 Å². The minimum Gasteiger partial charge on any atom is -0.448 e. The molecule has 2 N–H and O–H groups in total. The van der Waals surface area contributed by atoms with Crippen molar-refractivity contribution in [2.45, 2.75) is 13.1 Å². The van der Waals surface area contributed by atoms with E-state index < -0.39 is 0 Å². The number of ether oxygens (including phenoxy) is 1. The maximum atomic E-state index is 11.4. The summed E-state index contributed by atoms with van der Waals surface area (Å²) in [5.74, 6) is 0. The van der Waals surface area contributed by atoms with Gasteiger partial charge in [-0.3, -0.25) is 0 Å². The minimum absolute atomic E-state index is 0.230. The number of carbonyl (C=O) groups excluding carboxylic acids is 1. The van der Waals surface area contributed by atoms with Gasteiger partial charge in [0, 0.05) is 18.4 Å². The highest BCUT2D eigenvalue weighted by atomic mass is 16.6. The van der Waals surface area contributed by atoms with Gasteiger partial charge in [-0.1, -0.05) is 12.1 Å². The highest BCUT2D eigenvalue weighted by molar-refractivity contribution is 5.69. The number of H-pyrrole nitrogens is 1. The Labute approximate surface area is 116 Å². The Bertz CT molecular complexity index is 565. The van der Waals surface area contributed by atoms with Gasteiger partial charge in [-0.15, -0.1) is 0 Å². The van der Waals surface area contributed by atoms with Crippen LogP contribution in [0.25, 0.3) is 0 Å². The normalized spacial score (nSPS) is 14.4. The van der Waals surface area contributed by atoms with Crippen molar-refractivity contribution in [2.24, 2.45) is 0 Å². The lowest BCUT2D eigenvalue weighted by atomic mass is 10.2. The third-order valence-corrected chi connectivity index (χ3v) is 3.21. The lowest BCUT2D eigenvalue weighted by Gasteiger charge is -2.13. The zero-order valence-electron chi connectivity index (χ0n) is 11.0. The number of carbonyl (C=O) groups is 1. The Balaban J connectivity index is 1.55. The van der Waals surface area contributed by atoms with Gasteiger partial charge in [-0.05, 0) is 17.7 Å². The molecule has 6 heteroatoms. The number of amides is 1. The van der Waals surface area contributed by atoms with Gasteiger partial charge >= 0.3 is 6.09 Å². The van der Waals surface area contributed by atoms with Crippen LogP contribution in [0, 0.1) is 0 Å². The number of benzene rings is 1. The Hall–Kier alpha value is -2.50. The van der Waals surface area contributed by atoms with E-state index >= 15 is 0 Å². The highest BCUT2D eigenvalue weighted by Crippen LogP contribution is 2.14. The molecule has 1 aliphatic heterocycles. The van der Waals surface area contributed by atoms with E-state index in [2.05, 4.69) is 15.3 Å². The zero-order valence-corrected chi connectivity index (χ0v) is 11.0. The van der Waals surface area contributed by atoms with Crippen LogP contribution in [0.3, 0.4) is 0 Å². The van der Waals surface area contributed by atoms with Gasteiger partial charge in [0.25, 0.3) is 0 Å². The number of aromatic nitrogens is 2. The summed E-state index contributed by atoms with van der Waals surface area (Å²) in [6.07, 6.45) is 3.22. The molecule has 2 heterocycles. The fourth-order valence-corrected chi connectivity index (χ4v) is 2.10. The smallest absolute Gasteiger partial charge is 0.410 e. The second-order valence-electron chi connectivity index (χ2n) is 4.66. The van der Waals surface area contributed by atoms with Crippen LogP contribution in [0.4, 0.5) is 10.5 Å². The zero-order chi connectivity index (χ0) is 13.8. The average Bonchev–Trinajstić information content (AvgIpc) is 3.11. The van der Waals surface area contributed by atoms with E-state index in [1.54, 1.807) is 17.4 Å². The summed E-state index contributed by atoms with van der Waals surface area (Å²) in [5, 5.41) is 3.30. The van der Waals surface area contributed by atoms with E-state index in [1.807, 2.05) is 24.3 Å². The van der Waals surface area contributed by atoms with Crippen LogP contribution >= 0.6 is 0 Å². The first-order chi connectivity index (χ1) is 9.81. The van der Waals surface area contributed by atoms with Crippen molar-refractivity contribution in [1.29, 1.82) is 0 Å². The summed E-state index contributed by atoms with van der Waals surface area (Å²) in [4.78, 5) is 20.1. The second kappa shape index (κ2) is 5.64. The molecule has 0 unspecified atom stereocenters. The molecule has 0 radical (unpaired) electrons. The molecule has 1 aliphatic rings. The van der Waals surface area contributed by atoms with E-state index in [9.17, 15) is 4.79 Å². The van der Waals surface area contributed by atoms with Gasteiger partial charge < -0.3 is 19.9 Å². The van der Waals surface area contributed by atoms with E-state index in [0.717, 1.165) is 16.9 Å². The summed E-state index contributed by atoms with van der Waals surface area (Å²) in [7, 11) is 0. The summed E-state index contributed by atoms with van der Waals surface area (Å²) >= 11 is 0. The average molecular weight is 272 g/mol. The quantitative estimate of drug-likeness (QED) is 0.873. The molecule has 1 saturated heterocycles. The molecule has 0 bridgehead atoms. The minimum atomic E-state index is -0.230. The lowest BCUT2D eigenvalue weighted by Crippen LogP contribution is -2.23. The largest absolute Gasteiger partial charge is 0.448 e. The Morgan fingerprint density at radius 2 is 2.20 bits per heavy atom. The topological polar surface area (TPSA) is 70.2 Å². The van der Waals surface area contributed by atoms with E-state index in [4.69, 9.17) is 4.74 Å². The number of imidazole rings is 1. The number of hydrogen-bond donors (Lipinski definition) is 2. The van der Waals surface area contributed by atoms with Crippen molar-refractivity contribution < 1.29 is 9.53 Å². The second-order valence-corrected chi connectivity index (χ2v) is 4.66. The first-order valence-corrected chi connectivity index (χ1v) is 6.53. The number of rotatable bonds is 5. The van der Waals surface area contributed by atoms with Crippen molar-refractivity contribution in [3.05, 3.63) is 48.0 Å². The van der Waals surface area contributed by atoms with Crippen LogP contribution in [0.1, 0.15) is 11.3 Å². The van der Waals surface area contributed by atoms with Crippen LogP contribution in [-0.2, 0) is 17.8 Å². The fraction of sp³-hybridized carbons (Fsp3) is 0.286. The third kappa shape index (κ3) is 2.90. The lowest BCUT2D eigenvalue weighted by molar-refractivity contribution is 0.157. The number of anilines is 1. The summed E-state index contributed by atoms with van der Waals surface area (Å²) in [5.41, 5.74) is 3.16. The van der Waals surface area contributed by atoms with Crippen LogP contribution in [-0.4, -0.2) is 34.1 Å². The van der Waals surface area contributed by atoms with Gasteiger partial charge in [-0.2, -0.15) is 0 Å². The maximum Gasteiger partial charge on any atom is 0.410 e. The van der Waals surface area contributed by atoms with Crippen LogP contribution in [0.2, 0.25) is 0 Å². The first kappa shape index (κ1) is 12.5. The Morgan fingerprint density at radius 1 is 1.35 bits per heavy atom. The van der Waals surface area contributed by atoms with Crippen molar-refractivity contribution >= 4 is 11.8 Å². The molecule has 0 aliphatic carbocycles. The predicted molar refractivity (Wildman–Crippen MR) is 74.1 cm³/mol. The van der Waals surface area contributed by atoms with Crippen molar-refractivity contribution in [3.63, 3.8) is 0 Å². The molecule has 1 aromatic heterocycles. The van der Waals surface area contributed by atoms with Gasteiger partial charge in [0.15, 0.2) is 0 Å². The number of aromatic amines is 1. The summed E-state index contributed by atoms with van der Waals surface area (Å²) in [6, 6.07) is 8.04. The van der Waals surface area contributed by atoms with Crippen LogP contribution < -0.4 is 5.32 Å². The van der Waals surface area contributed by atoms with E-state index in [0.29, 0.717) is 26.2 Å². The number of nitrogens with zero attached hydrogens (tertiary/aromatic N) is 2. The highest BCUT2D eigenvalue weighted by Gasteiger charge is 2.21. The molecular weight excluding hydrogens is 256 g/mol. The summed E-state index contributed by atoms with van der Waals surface area (Å²) in [6.45, 7) is 2.46. The number of hydrogen-bond acceptors (Lipinski definition) is 4. The third-order valence-electron chi connectivity index (χ3n) is 3.21. The molecule has 1 fully saturated rings. The van der Waals surface area contributed by atoms with Gasteiger partial charge in [0.05, 0.1) is 25.1 Å². The molecule has 3 rings (SSSR count). The molecule has 2 aromatic rings. The standard InChI is InChI=1S/C14H16N4O2/c19-14-18(5-6-20-14)9-11-1-3-12(4-2-11)16-8-13-7-15-10-17-13/h1-4,7,10,16H,5-6,8-9H2,(H,15,17). The summed E-state index contributed by atoms with van der Waals surface area (Å²) < 4.78 is 4.91. The fourth-order valence-electron chi connectivity index (χ4n) is 2.10. The van der Waals surface area contributed by atoms with E-state index in [-0.39, 0.29) is 6.09 Å². The van der Waals surface area contributed by atoms with Crippen molar-refractivity contribution in [3.8, 4) is 0 Å². The molecule has 0 atom stereocenters. The molecule has 0 spiro atoms. The van der Waals surface area contributed by atoms with Gasteiger partial charge in [-0.25, -0.2) is 9.78 Å². The number of cyclic esters (lactones) is 1. The van der Waals surface area contributed by atoms with Gasteiger partial charge in [0.1, 0.15) is 6.61 Å². The Morgan fingerprint density at radius 3 is 2.85 bits per heavy atom. The van der Waals surface area contributed by atoms with Gasteiger partial charge in [0.2, 0.25) is 0 Å². The SMILES string of the molecule is O=C1OCCN1Cc1ccc(NCc2cnc[nH]2)cc1. The number of nitrogens with one attached hydrogen (secondary N) is 2. The Kier molecular flexibility index (Phi) is 3.54. The molecule has 20 heavy (non-hydrogen) atoms. The monoisotopic (exact) mass is 272 g/mol. The molecule has 104 valence electrons. The molecule has 6 nitrogen and oxygen atoms in total. The molecule has 1 amide bonds. The molecular formula is C14H16N4O2. The van der Waals surface area contributed by atoms with Crippen molar-refractivity contribution in [2.75, 3.05) is 18.5 Å². The van der Waals surface area contributed by atoms with Crippen molar-refractivity contribution in [1.82, 2.24) is 14.9 Å². The van der Waals surface area contributed by atoms with E-state index in [1.165, 1.54) is 0 Å². The first-order valence-electron chi connectivity index (χ1n) is 6.53. The molecule has 1 aromatic carbocycles. The predicted octanol–water partition coefficient (Wildman–Crippen LogP) is 1.97. The van der Waals surface area contributed by atoms with Crippen LogP contribution in [0.5, 0.6) is 0 Å². The molecule has 0 saturated carbocycles. The maximum absolute atomic E-state index is 11.4.